The summed E-state index contributed by atoms with van der Waals surface area (Å²) in [7, 11) is 0. The quantitative estimate of drug-likeness (QED) is 0.658. The summed E-state index contributed by atoms with van der Waals surface area (Å²) < 4.78 is 0. The standard InChI is InChI=1S/C19H21ClO/c1-19(2,3)17(14-9-11-16(20)12-10-14)13-18(21)15-7-5-4-6-8-15/h4-12,17H,13H2,1-3H3. The van der Waals surface area contributed by atoms with Crippen LogP contribution in [0, 0.1) is 5.41 Å². The van der Waals surface area contributed by atoms with Crippen LogP contribution in [0.5, 0.6) is 0 Å². The SMILES string of the molecule is CC(C)(C)C(CC(=O)c1ccccc1)c1ccc(Cl)cc1. The van der Waals surface area contributed by atoms with Gasteiger partial charge < -0.3 is 0 Å². The molecule has 0 aliphatic heterocycles. The van der Waals surface area contributed by atoms with Crippen molar-refractivity contribution in [3.63, 3.8) is 0 Å². The molecule has 0 fully saturated rings. The van der Waals surface area contributed by atoms with Gasteiger partial charge in [-0.2, -0.15) is 0 Å². The zero-order chi connectivity index (χ0) is 15.5. The third-order valence-corrected chi connectivity index (χ3v) is 4.06. The summed E-state index contributed by atoms with van der Waals surface area (Å²) in [4.78, 5) is 12.5. The Morgan fingerprint density at radius 1 is 1.00 bits per heavy atom. The molecule has 21 heavy (non-hydrogen) atoms. The van der Waals surface area contributed by atoms with Gasteiger partial charge in [-0.05, 0) is 29.0 Å². The number of benzene rings is 2. The van der Waals surface area contributed by atoms with Crippen LogP contribution in [-0.2, 0) is 0 Å². The third kappa shape index (κ3) is 4.18. The Hall–Kier alpha value is -1.60. The van der Waals surface area contributed by atoms with Crippen LogP contribution in [0.1, 0.15) is 49.0 Å². The molecule has 0 spiro atoms. The first-order chi connectivity index (χ1) is 9.88. The summed E-state index contributed by atoms with van der Waals surface area (Å²) in [5.41, 5.74) is 1.95. The molecule has 0 aliphatic rings. The molecule has 0 saturated heterocycles. The molecular formula is C19H21ClO. The van der Waals surface area contributed by atoms with Gasteiger partial charge in [0, 0.05) is 17.0 Å². The Kier molecular flexibility index (Phi) is 4.84. The Morgan fingerprint density at radius 2 is 1.57 bits per heavy atom. The molecule has 1 nitrogen and oxygen atoms in total. The lowest BCUT2D eigenvalue weighted by Gasteiger charge is -2.31. The van der Waals surface area contributed by atoms with Crippen LogP contribution in [0.4, 0.5) is 0 Å². The van der Waals surface area contributed by atoms with E-state index in [1.165, 1.54) is 0 Å². The van der Waals surface area contributed by atoms with Crippen molar-refractivity contribution in [2.75, 3.05) is 0 Å². The van der Waals surface area contributed by atoms with Gasteiger partial charge in [0.1, 0.15) is 0 Å². The summed E-state index contributed by atoms with van der Waals surface area (Å²) in [6.07, 6.45) is 0.509. The van der Waals surface area contributed by atoms with Crippen LogP contribution >= 0.6 is 11.6 Å². The van der Waals surface area contributed by atoms with Gasteiger partial charge in [0.25, 0.3) is 0 Å². The van der Waals surface area contributed by atoms with E-state index < -0.39 is 0 Å². The fourth-order valence-electron chi connectivity index (χ4n) is 2.55. The van der Waals surface area contributed by atoms with Gasteiger partial charge in [-0.25, -0.2) is 0 Å². The highest BCUT2D eigenvalue weighted by molar-refractivity contribution is 6.30. The van der Waals surface area contributed by atoms with E-state index in [2.05, 4.69) is 20.8 Å². The molecule has 0 bridgehead atoms. The van der Waals surface area contributed by atoms with Crippen molar-refractivity contribution in [2.45, 2.75) is 33.1 Å². The lowest BCUT2D eigenvalue weighted by atomic mass is 9.73. The van der Waals surface area contributed by atoms with Crippen molar-refractivity contribution in [1.29, 1.82) is 0 Å². The number of carbonyl (C=O) groups excluding carboxylic acids is 1. The topological polar surface area (TPSA) is 17.1 Å². The highest BCUT2D eigenvalue weighted by Crippen LogP contribution is 2.38. The fourth-order valence-corrected chi connectivity index (χ4v) is 2.67. The molecular weight excluding hydrogens is 280 g/mol. The van der Waals surface area contributed by atoms with E-state index in [9.17, 15) is 4.79 Å². The first-order valence-corrected chi connectivity index (χ1v) is 7.59. The van der Waals surface area contributed by atoms with E-state index in [4.69, 9.17) is 11.6 Å². The smallest absolute Gasteiger partial charge is 0.163 e. The number of rotatable bonds is 4. The Bertz CT molecular complexity index is 594. The third-order valence-electron chi connectivity index (χ3n) is 3.80. The summed E-state index contributed by atoms with van der Waals surface area (Å²) in [5, 5.41) is 0.723. The molecule has 0 amide bonds. The van der Waals surface area contributed by atoms with Crippen molar-refractivity contribution in [3.8, 4) is 0 Å². The number of ketones is 1. The van der Waals surface area contributed by atoms with Crippen molar-refractivity contribution >= 4 is 17.4 Å². The average molecular weight is 301 g/mol. The fraction of sp³-hybridized carbons (Fsp3) is 0.316. The second-order valence-electron chi connectivity index (χ2n) is 6.46. The predicted octanol–water partition coefficient (Wildman–Crippen LogP) is 5.74. The van der Waals surface area contributed by atoms with Gasteiger partial charge in [-0.1, -0.05) is 74.8 Å². The van der Waals surface area contributed by atoms with Crippen LogP contribution in [-0.4, -0.2) is 5.78 Å². The van der Waals surface area contributed by atoms with E-state index in [1.807, 2.05) is 54.6 Å². The lowest BCUT2D eigenvalue weighted by molar-refractivity contribution is 0.0951. The van der Waals surface area contributed by atoms with E-state index in [-0.39, 0.29) is 17.1 Å². The highest BCUT2D eigenvalue weighted by atomic mass is 35.5. The van der Waals surface area contributed by atoms with Gasteiger partial charge in [0.05, 0.1) is 0 Å². The molecule has 2 heteroatoms. The Balaban J connectivity index is 2.26. The molecule has 2 rings (SSSR count). The number of carbonyl (C=O) groups is 1. The molecule has 0 saturated carbocycles. The summed E-state index contributed by atoms with van der Waals surface area (Å²) in [6.45, 7) is 6.51. The molecule has 0 aromatic heterocycles. The zero-order valence-corrected chi connectivity index (χ0v) is 13.5. The number of hydrogen-bond donors (Lipinski definition) is 0. The Labute approximate surface area is 132 Å². The van der Waals surface area contributed by atoms with Crippen molar-refractivity contribution < 1.29 is 4.79 Å². The van der Waals surface area contributed by atoms with Gasteiger partial charge in [-0.15, -0.1) is 0 Å². The Morgan fingerprint density at radius 3 is 2.10 bits per heavy atom. The highest BCUT2D eigenvalue weighted by Gasteiger charge is 2.28. The molecule has 0 radical (unpaired) electrons. The molecule has 110 valence electrons. The molecule has 0 N–H and O–H groups in total. The molecule has 1 unspecified atom stereocenters. The molecule has 0 heterocycles. The van der Waals surface area contributed by atoms with Gasteiger partial charge in [-0.3, -0.25) is 4.79 Å². The minimum absolute atomic E-state index is 0.0122. The van der Waals surface area contributed by atoms with E-state index in [0.717, 1.165) is 16.1 Å². The van der Waals surface area contributed by atoms with Crippen LogP contribution in [0.2, 0.25) is 5.02 Å². The monoisotopic (exact) mass is 300 g/mol. The molecule has 2 aromatic rings. The summed E-state index contributed by atoms with van der Waals surface area (Å²) in [6, 6.07) is 17.3. The molecule has 2 aromatic carbocycles. The number of halogens is 1. The second-order valence-corrected chi connectivity index (χ2v) is 6.90. The van der Waals surface area contributed by atoms with Crippen LogP contribution in [0.25, 0.3) is 0 Å². The lowest BCUT2D eigenvalue weighted by Crippen LogP contribution is -2.21. The van der Waals surface area contributed by atoms with Crippen molar-refractivity contribution in [2.24, 2.45) is 5.41 Å². The van der Waals surface area contributed by atoms with Crippen LogP contribution < -0.4 is 0 Å². The predicted molar refractivity (Wildman–Crippen MR) is 89.0 cm³/mol. The van der Waals surface area contributed by atoms with Crippen LogP contribution in [0.3, 0.4) is 0 Å². The van der Waals surface area contributed by atoms with Gasteiger partial charge in [0.15, 0.2) is 5.78 Å². The zero-order valence-electron chi connectivity index (χ0n) is 12.8. The largest absolute Gasteiger partial charge is 0.294 e. The normalized spacial score (nSPS) is 13.0. The molecule has 0 aliphatic carbocycles. The molecule has 1 atom stereocenters. The summed E-state index contributed by atoms with van der Waals surface area (Å²) in [5.74, 6) is 0.355. The number of hydrogen-bond acceptors (Lipinski definition) is 1. The number of Topliss-reactive ketones (excluding diaryl/α,β-unsaturated/α-hetero) is 1. The van der Waals surface area contributed by atoms with E-state index in [0.29, 0.717) is 6.42 Å². The van der Waals surface area contributed by atoms with E-state index >= 15 is 0 Å². The van der Waals surface area contributed by atoms with Crippen molar-refractivity contribution in [3.05, 3.63) is 70.7 Å². The first-order valence-electron chi connectivity index (χ1n) is 7.21. The van der Waals surface area contributed by atoms with Gasteiger partial charge >= 0.3 is 0 Å². The average Bonchev–Trinajstić information content (AvgIpc) is 2.45. The second kappa shape index (κ2) is 6.44. The van der Waals surface area contributed by atoms with E-state index in [1.54, 1.807) is 0 Å². The maximum atomic E-state index is 12.5. The minimum Gasteiger partial charge on any atom is -0.294 e. The maximum absolute atomic E-state index is 12.5. The van der Waals surface area contributed by atoms with Crippen LogP contribution in [0.15, 0.2) is 54.6 Å². The first kappa shape index (κ1) is 15.8. The maximum Gasteiger partial charge on any atom is 0.163 e. The van der Waals surface area contributed by atoms with Gasteiger partial charge in [0.2, 0.25) is 0 Å². The summed E-state index contributed by atoms with van der Waals surface area (Å²) >= 11 is 5.97. The minimum atomic E-state index is 0.0122. The van der Waals surface area contributed by atoms with Crippen molar-refractivity contribution in [1.82, 2.24) is 0 Å².